The highest BCUT2D eigenvalue weighted by molar-refractivity contribution is 5.96. The number of carbonyl (C=O) groups excluding carboxylic acids is 2. The highest BCUT2D eigenvalue weighted by Crippen LogP contribution is 2.17. The number of hydrogen-bond donors (Lipinski definition) is 1. The Kier molecular flexibility index (Phi) is 5.46. The van der Waals surface area contributed by atoms with Crippen molar-refractivity contribution in [1.29, 1.82) is 0 Å². The Morgan fingerprint density at radius 3 is 2.12 bits per heavy atom. The van der Waals surface area contributed by atoms with Gasteiger partial charge in [0.15, 0.2) is 0 Å². The van der Waals surface area contributed by atoms with Crippen LogP contribution in [0, 0.1) is 0 Å². The largest absolute Gasteiger partial charge is 0.387 e. The lowest BCUT2D eigenvalue weighted by atomic mass is 9.99. The molecule has 1 heterocycles. The molecule has 1 saturated heterocycles. The third-order valence-electron chi connectivity index (χ3n) is 4.54. The molecule has 0 spiro atoms. The number of nitrogens with zero attached hydrogens (tertiary/aromatic N) is 2. The van der Waals surface area contributed by atoms with Gasteiger partial charge < -0.3 is 14.9 Å². The van der Waals surface area contributed by atoms with Crippen molar-refractivity contribution in [2.45, 2.75) is 6.42 Å². The average molecular weight is 338 g/mol. The Bertz CT molecular complexity index is 738. The maximum Gasteiger partial charge on any atom is 0.254 e. The number of hydrogen-bond acceptors (Lipinski definition) is 3. The fourth-order valence-corrected chi connectivity index (χ4v) is 3.13. The van der Waals surface area contributed by atoms with Crippen molar-refractivity contribution < 1.29 is 14.7 Å². The number of amides is 2. The lowest BCUT2D eigenvalue weighted by Crippen LogP contribution is -2.51. The minimum atomic E-state index is -0.478. The lowest BCUT2D eigenvalue weighted by molar-refractivity contribution is -0.135. The molecule has 25 heavy (non-hydrogen) atoms. The van der Waals surface area contributed by atoms with Crippen LogP contribution in [0.15, 0.2) is 54.6 Å². The first kappa shape index (κ1) is 17.2. The molecule has 3 rings (SSSR count). The fraction of sp³-hybridized carbons (Fsp3) is 0.300. The van der Waals surface area contributed by atoms with E-state index >= 15 is 0 Å². The molecule has 2 aromatic rings. The van der Waals surface area contributed by atoms with Crippen LogP contribution in [0.25, 0.3) is 0 Å². The molecule has 1 fully saturated rings. The van der Waals surface area contributed by atoms with Gasteiger partial charge in [-0.05, 0) is 23.6 Å². The summed E-state index contributed by atoms with van der Waals surface area (Å²) in [7, 11) is 0. The Balaban J connectivity index is 1.72. The molecule has 0 aliphatic carbocycles. The maximum absolute atomic E-state index is 12.9. The van der Waals surface area contributed by atoms with Crippen molar-refractivity contribution in [3.63, 3.8) is 0 Å². The second-order valence-electron chi connectivity index (χ2n) is 6.15. The number of carbonyl (C=O) groups is 2. The molecule has 0 atom stereocenters. The van der Waals surface area contributed by atoms with Crippen LogP contribution in [0.2, 0.25) is 0 Å². The van der Waals surface area contributed by atoms with E-state index in [1.54, 1.807) is 9.80 Å². The molecule has 2 amide bonds. The van der Waals surface area contributed by atoms with E-state index in [2.05, 4.69) is 12.1 Å². The van der Waals surface area contributed by atoms with E-state index in [1.807, 2.05) is 42.5 Å². The minimum absolute atomic E-state index is 0.00243. The van der Waals surface area contributed by atoms with Gasteiger partial charge in [0.25, 0.3) is 5.91 Å². The quantitative estimate of drug-likeness (QED) is 0.920. The maximum atomic E-state index is 12.9. The zero-order valence-corrected chi connectivity index (χ0v) is 14.1. The van der Waals surface area contributed by atoms with Gasteiger partial charge in [-0.1, -0.05) is 48.5 Å². The van der Waals surface area contributed by atoms with Crippen molar-refractivity contribution in [3.05, 3.63) is 71.3 Å². The van der Waals surface area contributed by atoms with Gasteiger partial charge in [0.05, 0.1) is 0 Å². The highest BCUT2D eigenvalue weighted by Gasteiger charge is 2.25. The van der Waals surface area contributed by atoms with E-state index < -0.39 is 6.61 Å². The Hall–Kier alpha value is -2.66. The SMILES string of the molecule is O=C(CO)N1CCN(C(=O)c2ccccc2Cc2ccccc2)CC1. The normalized spacial score (nSPS) is 14.4. The van der Waals surface area contributed by atoms with Crippen LogP contribution in [0.4, 0.5) is 0 Å². The first-order chi connectivity index (χ1) is 12.2. The summed E-state index contributed by atoms with van der Waals surface area (Å²) in [6.07, 6.45) is 0.714. The van der Waals surface area contributed by atoms with Gasteiger partial charge in [0, 0.05) is 31.7 Å². The standard InChI is InChI=1S/C20H22N2O3/c23-15-19(24)21-10-12-22(13-11-21)20(25)18-9-5-4-8-17(18)14-16-6-2-1-3-7-16/h1-9,23H,10-15H2. The third-order valence-corrected chi connectivity index (χ3v) is 4.54. The van der Waals surface area contributed by atoms with Gasteiger partial charge in [-0.2, -0.15) is 0 Å². The van der Waals surface area contributed by atoms with Crippen LogP contribution >= 0.6 is 0 Å². The predicted octanol–water partition coefficient (Wildman–Crippen LogP) is 1.55. The van der Waals surface area contributed by atoms with Crippen LogP contribution in [-0.2, 0) is 11.2 Å². The Morgan fingerprint density at radius 2 is 1.44 bits per heavy atom. The van der Waals surface area contributed by atoms with Crippen molar-refractivity contribution in [2.24, 2.45) is 0 Å². The monoisotopic (exact) mass is 338 g/mol. The van der Waals surface area contributed by atoms with Gasteiger partial charge in [0.1, 0.15) is 6.61 Å². The highest BCUT2D eigenvalue weighted by atomic mass is 16.3. The van der Waals surface area contributed by atoms with Crippen LogP contribution < -0.4 is 0 Å². The van der Waals surface area contributed by atoms with Crippen molar-refractivity contribution >= 4 is 11.8 Å². The summed E-state index contributed by atoms with van der Waals surface area (Å²) in [5, 5.41) is 8.94. The molecule has 1 aliphatic rings. The molecule has 0 aromatic heterocycles. The fourth-order valence-electron chi connectivity index (χ4n) is 3.13. The molecule has 0 bridgehead atoms. The average Bonchev–Trinajstić information content (AvgIpc) is 2.68. The molecule has 2 aromatic carbocycles. The second-order valence-corrected chi connectivity index (χ2v) is 6.15. The zero-order chi connectivity index (χ0) is 17.6. The predicted molar refractivity (Wildman–Crippen MR) is 95.3 cm³/mol. The van der Waals surface area contributed by atoms with Crippen LogP contribution in [-0.4, -0.2) is 59.5 Å². The molecule has 0 saturated carbocycles. The van der Waals surface area contributed by atoms with Crippen molar-refractivity contribution in [2.75, 3.05) is 32.8 Å². The minimum Gasteiger partial charge on any atom is -0.387 e. The first-order valence-electron chi connectivity index (χ1n) is 8.49. The molecule has 5 nitrogen and oxygen atoms in total. The summed E-state index contributed by atoms with van der Waals surface area (Å²) >= 11 is 0. The summed E-state index contributed by atoms with van der Waals surface area (Å²) in [5.74, 6) is -0.279. The third kappa shape index (κ3) is 4.06. The molecule has 1 N–H and O–H groups in total. The smallest absolute Gasteiger partial charge is 0.254 e. The molecule has 0 unspecified atom stereocenters. The molecule has 5 heteroatoms. The topological polar surface area (TPSA) is 60.9 Å². The van der Waals surface area contributed by atoms with E-state index in [1.165, 1.54) is 5.56 Å². The zero-order valence-electron chi connectivity index (χ0n) is 14.1. The summed E-state index contributed by atoms with van der Waals surface area (Å²) in [4.78, 5) is 27.9. The first-order valence-corrected chi connectivity index (χ1v) is 8.49. The lowest BCUT2D eigenvalue weighted by Gasteiger charge is -2.34. The summed E-state index contributed by atoms with van der Waals surface area (Å²) in [5.41, 5.74) is 2.89. The number of rotatable bonds is 4. The van der Waals surface area contributed by atoms with Crippen LogP contribution in [0.3, 0.4) is 0 Å². The van der Waals surface area contributed by atoms with Gasteiger partial charge in [0.2, 0.25) is 5.91 Å². The number of benzene rings is 2. The van der Waals surface area contributed by atoms with E-state index in [-0.39, 0.29) is 11.8 Å². The van der Waals surface area contributed by atoms with Gasteiger partial charge in [-0.25, -0.2) is 0 Å². The van der Waals surface area contributed by atoms with Gasteiger partial charge in [-0.15, -0.1) is 0 Å². The van der Waals surface area contributed by atoms with E-state index in [9.17, 15) is 9.59 Å². The molecular formula is C20H22N2O3. The van der Waals surface area contributed by atoms with Gasteiger partial charge in [-0.3, -0.25) is 9.59 Å². The number of aliphatic hydroxyl groups is 1. The Morgan fingerprint density at radius 1 is 0.840 bits per heavy atom. The van der Waals surface area contributed by atoms with Crippen molar-refractivity contribution in [1.82, 2.24) is 9.80 Å². The van der Waals surface area contributed by atoms with E-state index in [4.69, 9.17) is 5.11 Å². The molecule has 130 valence electrons. The number of aliphatic hydroxyl groups excluding tert-OH is 1. The van der Waals surface area contributed by atoms with Gasteiger partial charge >= 0.3 is 0 Å². The summed E-state index contributed by atoms with van der Waals surface area (Å²) in [6, 6.07) is 17.8. The number of piperazine rings is 1. The van der Waals surface area contributed by atoms with Crippen LogP contribution in [0.1, 0.15) is 21.5 Å². The van der Waals surface area contributed by atoms with E-state index in [0.29, 0.717) is 38.2 Å². The molecule has 0 radical (unpaired) electrons. The molecule has 1 aliphatic heterocycles. The molecular weight excluding hydrogens is 316 g/mol. The summed E-state index contributed by atoms with van der Waals surface area (Å²) in [6.45, 7) is 1.43. The summed E-state index contributed by atoms with van der Waals surface area (Å²) < 4.78 is 0. The second kappa shape index (κ2) is 7.94. The van der Waals surface area contributed by atoms with E-state index in [0.717, 1.165) is 5.56 Å². The van der Waals surface area contributed by atoms with Crippen molar-refractivity contribution in [3.8, 4) is 0 Å². The van der Waals surface area contributed by atoms with Crippen LogP contribution in [0.5, 0.6) is 0 Å². The Labute approximate surface area is 147 Å².